The first-order valence-electron chi connectivity index (χ1n) is 1.57. The van der Waals surface area contributed by atoms with Crippen molar-refractivity contribution in [3.05, 3.63) is 0 Å². The largest absolute Gasteiger partial charge is 0.466 e. The third kappa shape index (κ3) is 1990. The zero-order valence-corrected chi connectivity index (χ0v) is 6.68. The third-order valence-electron chi connectivity index (χ3n) is 0. The van der Waals surface area contributed by atoms with Gasteiger partial charge in [-0.25, -0.2) is 9.13 Å². The average Bonchev–Trinajstić information content (AvgIpc) is 1.12. The minimum atomic E-state index is -4.64. The summed E-state index contributed by atoms with van der Waals surface area (Å²) in [5.41, 5.74) is 0. The molecule has 8 N–H and O–H groups in total. The van der Waals surface area contributed by atoms with Crippen molar-refractivity contribution in [3.8, 4) is 0 Å². The van der Waals surface area contributed by atoms with E-state index in [1.54, 1.807) is 0 Å². The summed E-state index contributed by atoms with van der Waals surface area (Å²) < 4.78 is 17.8. The first kappa shape index (κ1) is 23.0. The van der Waals surface area contributed by atoms with Gasteiger partial charge in [0, 0.05) is 0 Å². The van der Waals surface area contributed by atoms with E-state index in [-0.39, 0.29) is 22.8 Å². The van der Waals surface area contributed by atoms with Crippen molar-refractivity contribution in [2.45, 2.75) is 0 Å². The van der Waals surface area contributed by atoms with Gasteiger partial charge >= 0.3 is 15.6 Å². The molecule has 0 aromatic carbocycles. The van der Waals surface area contributed by atoms with Gasteiger partial charge < -0.3 is 34.8 Å². The molecule has 0 saturated carbocycles. The van der Waals surface area contributed by atoms with Gasteiger partial charge in [-0.1, -0.05) is 0 Å². The summed E-state index contributed by atoms with van der Waals surface area (Å²) >= 11 is 0. The van der Waals surface area contributed by atoms with E-state index in [1.807, 2.05) is 0 Å². The van der Waals surface area contributed by atoms with Gasteiger partial charge in [-0.05, 0) is 0 Å². The van der Waals surface area contributed by atoms with Gasteiger partial charge in [0.15, 0.2) is 17.4 Å². The monoisotopic (exact) mass is 244 g/mol. The molecule has 0 rings (SSSR count). The van der Waals surface area contributed by atoms with E-state index in [0.717, 1.165) is 0 Å². The molecule has 12 heavy (non-hydrogen) atoms. The highest BCUT2D eigenvalue weighted by atomic mass is 31.2. The molecule has 0 aliphatic heterocycles. The Balaban J connectivity index is -0.0000000457. The number of phosphoric acid groups is 2. The zero-order chi connectivity index (χ0) is 9.00. The van der Waals surface area contributed by atoms with Crippen LogP contribution in [-0.4, -0.2) is 52.2 Å². The zero-order valence-electron chi connectivity index (χ0n) is 4.89. The van der Waals surface area contributed by atoms with Crippen molar-refractivity contribution in [1.82, 2.24) is 0 Å². The van der Waals surface area contributed by atoms with Crippen LogP contribution >= 0.6 is 15.6 Å². The molecule has 12 heteroatoms. The summed E-state index contributed by atoms with van der Waals surface area (Å²) in [4.78, 5) is 43.1. The Bertz CT molecular complexity index is 125. The maximum atomic E-state index is 8.88. The Morgan fingerprint density at radius 3 is 0.667 bits per heavy atom. The maximum absolute atomic E-state index is 8.88. The highest BCUT2D eigenvalue weighted by molar-refractivity contribution is 7.45. The third-order valence-corrected chi connectivity index (χ3v) is 0. The lowest BCUT2D eigenvalue weighted by molar-refractivity contribution is 0.272. The quantitative estimate of drug-likeness (QED) is 0.184. The van der Waals surface area contributed by atoms with Gasteiger partial charge in [0.25, 0.3) is 0 Å². The van der Waals surface area contributed by atoms with Crippen LogP contribution in [0.15, 0.2) is 0 Å². The molecule has 0 atom stereocenters. The Morgan fingerprint density at radius 2 is 0.667 bits per heavy atom. The fourth-order valence-electron chi connectivity index (χ4n) is 0. The van der Waals surface area contributed by atoms with Gasteiger partial charge in [-0.2, -0.15) is 0 Å². The molecule has 78 valence electrons. The summed E-state index contributed by atoms with van der Waals surface area (Å²) in [5, 5.41) is 0. The highest BCUT2D eigenvalue weighted by Crippen LogP contribution is 2.26. The fourth-order valence-corrected chi connectivity index (χ4v) is 0. The molecular weight excluding hydrogens is 233 g/mol. The second-order valence-electron chi connectivity index (χ2n) is 1.03. The lowest BCUT2D eigenvalue weighted by Gasteiger charge is -1.82. The molecule has 0 aromatic rings. The lowest BCUT2D eigenvalue weighted by Crippen LogP contribution is -1.66. The van der Waals surface area contributed by atoms with Crippen LogP contribution in [0.25, 0.3) is 0 Å². The molecule has 0 aliphatic carbocycles. The van der Waals surface area contributed by atoms with Crippen molar-refractivity contribution in [2.24, 2.45) is 0 Å². The molecule has 0 saturated heterocycles. The van der Waals surface area contributed by atoms with Gasteiger partial charge in [0.1, 0.15) is 0 Å². The first-order chi connectivity index (χ1) is 4.00. The first-order valence-corrected chi connectivity index (χ1v) is 4.70. The molecule has 0 aliphatic rings. The van der Waals surface area contributed by atoms with E-state index in [4.69, 9.17) is 38.5 Å². The molecule has 0 radical (unpaired) electrons. The summed E-state index contributed by atoms with van der Waals surface area (Å²) in [6.45, 7) is 0. The summed E-state index contributed by atoms with van der Waals surface area (Å²) in [5.74, 6) is 0. The molecular formula is H11AlO9P2. The fraction of sp³-hybridized carbons (Fsp3) is 0. The van der Waals surface area contributed by atoms with Gasteiger partial charge in [0.2, 0.25) is 0 Å². The highest BCUT2D eigenvalue weighted by Gasteiger charge is 2.00. The van der Waals surface area contributed by atoms with E-state index < -0.39 is 15.6 Å². The minimum absolute atomic E-state index is 0. The number of hydrogen-bond donors (Lipinski definition) is 6. The van der Waals surface area contributed by atoms with E-state index in [2.05, 4.69) is 0 Å². The molecule has 0 spiro atoms. The number of hydrogen-bond acceptors (Lipinski definition) is 2. The van der Waals surface area contributed by atoms with Crippen LogP contribution in [0.3, 0.4) is 0 Å². The van der Waals surface area contributed by atoms with Crippen LogP contribution in [0.2, 0.25) is 0 Å². The van der Waals surface area contributed by atoms with E-state index >= 15 is 0 Å². The van der Waals surface area contributed by atoms with Crippen LogP contribution in [0.4, 0.5) is 0 Å². The Kier molecular flexibility index (Phi) is 15.9. The van der Waals surface area contributed by atoms with Crippen LogP contribution in [0.1, 0.15) is 0 Å². The molecule has 0 unspecified atom stereocenters. The Morgan fingerprint density at radius 1 is 0.667 bits per heavy atom. The van der Waals surface area contributed by atoms with Crippen molar-refractivity contribution in [1.29, 1.82) is 0 Å². The molecule has 0 aromatic heterocycles. The summed E-state index contributed by atoms with van der Waals surface area (Å²) in [7, 11) is -9.28. The van der Waals surface area contributed by atoms with Crippen LogP contribution < -0.4 is 0 Å². The minimum Gasteiger partial charge on any atom is -0.412 e. The number of rotatable bonds is 0. The van der Waals surface area contributed by atoms with Gasteiger partial charge in [0.05, 0.1) is 0 Å². The molecule has 0 fully saturated rings. The molecule has 0 bridgehead atoms. The van der Waals surface area contributed by atoms with Gasteiger partial charge in [-0.15, -0.1) is 0 Å². The van der Waals surface area contributed by atoms with Crippen molar-refractivity contribution in [3.63, 3.8) is 0 Å². The smallest absolute Gasteiger partial charge is 0.412 e. The van der Waals surface area contributed by atoms with Crippen LogP contribution in [0.5, 0.6) is 0 Å². The normalized spacial score (nSPS) is 9.83. The summed E-state index contributed by atoms with van der Waals surface area (Å²) in [6, 6.07) is 0. The second-order valence-corrected chi connectivity index (χ2v) is 3.08. The van der Waals surface area contributed by atoms with E-state index in [9.17, 15) is 0 Å². The molecule has 0 heterocycles. The Labute approximate surface area is 77.6 Å². The summed E-state index contributed by atoms with van der Waals surface area (Å²) in [6.07, 6.45) is 0. The SMILES string of the molecule is O.O=P(O)(O)O.O=P(O)(O)O.[AlH3]. The van der Waals surface area contributed by atoms with Crippen LogP contribution in [-0.2, 0) is 9.13 Å². The van der Waals surface area contributed by atoms with Crippen molar-refractivity contribution >= 4 is 33.0 Å². The predicted molar refractivity (Wildman–Crippen MR) is 42.1 cm³/mol. The van der Waals surface area contributed by atoms with Crippen molar-refractivity contribution in [2.75, 3.05) is 0 Å². The van der Waals surface area contributed by atoms with Gasteiger partial charge in [-0.3, -0.25) is 0 Å². The topological polar surface area (TPSA) is 187 Å². The van der Waals surface area contributed by atoms with E-state index in [1.165, 1.54) is 0 Å². The van der Waals surface area contributed by atoms with Crippen LogP contribution in [0, 0.1) is 0 Å². The van der Waals surface area contributed by atoms with E-state index in [0.29, 0.717) is 0 Å². The van der Waals surface area contributed by atoms with Crippen molar-refractivity contribution < 1.29 is 44.0 Å². The predicted octanol–water partition coefficient (Wildman–Crippen LogP) is -3.87. The maximum Gasteiger partial charge on any atom is 0.466 e. The molecule has 9 nitrogen and oxygen atoms in total. The second kappa shape index (κ2) is 8.32. The standard InChI is InChI=1S/Al.2H3O4P.H2O.3H/c;2*1-5(2,3)4;;;;/h;2*(H3,1,2,3,4);1H2;;;. The molecule has 0 amide bonds. The average molecular weight is 244 g/mol. The lowest BCUT2D eigenvalue weighted by atomic mass is 15.8. The Hall–Kier alpha value is 0.712.